The van der Waals surface area contributed by atoms with Crippen LogP contribution in [0.4, 0.5) is 13.2 Å². The summed E-state index contributed by atoms with van der Waals surface area (Å²) in [5.74, 6) is -4.65. The Labute approximate surface area is 116 Å². The molecule has 0 bridgehead atoms. The molecule has 1 aromatic carbocycles. The SMILES string of the molecule is CC1(C)OB([C@@H](N)c2c(F)ccc(F)c2F)OC1(C)C. The lowest BCUT2D eigenvalue weighted by atomic mass is 9.74. The summed E-state index contributed by atoms with van der Waals surface area (Å²) in [6.07, 6.45) is 0. The molecule has 20 heavy (non-hydrogen) atoms. The maximum absolute atomic E-state index is 13.7. The van der Waals surface area contributed by atoms with Gasteiger partial charge in [0.05, 0.1) is 17.1 Å². The Kier molecular flexibility index (Phi) is 3.65. The van der Waals surface area contributed by atoms with Crippen molar-refractivity contribution < 1.29 is 22.5 Å². The van der Waals surface area contributed by atoms with E-state index in [0.717, 1.165) is 6.07 Å². The minimum atomic E-state index is -1.31. The van der Waals surface area contributed by atoms with E-state index in [1.807, 2.05) is 0 Å². The van der Waals surface area contributed by atoms with Gasteiger partial charge in [-0.2, -0.15) is 0 Å². The first-order chi connectivity index (χ1) is 9.07. The molecule has 7 heteroatoms. The molecule has 0 saturated carbocycles. The van der Waals surface area contributed by atoms with Crippen molar-refractivity contribution >= 4 is 7.12 Å². The second kappa shape index (κ2) is 4.75. The molecule has 0 spiro atoms. The van der Waals surface area contributed by atoms with Gasteiger partial charge >= 0.3 is 7.12 Å². The molecule has 1 fully saturated rings. The van der Waals surface area contributed by atoms with Gasteiger partial charge in [-0.1, -0.05) is 0 Å². The molecule has 0 aliphatic carbocycles. The van der Waals surface area contributed by atoms with Crippen LogP contribution in [0.5, 0.6) is 0 Å². The van der Waals surface area contributed by atoms with E-state index in [1.165, 1.54) is 0 Å². The third-order valence-corrected chi connectivity index (χ3v) is 3.98. The molecule has 3 nitrogen and oxygen atoms in total. The first kappa shape index (κ1) is 15.3. The standard InChI is InChI=1S/C13H17BF3NO2/c1-12(2)13(3,4)20-14(19-12)11(18)9-7(15)5-6-8(16)10(9)17/h5-6,11H,18H2,1-4H3/t11-/m0/s1. The van der Waals surface area contributed by atoms with Crippen molar-refractivity contribution in [2.24, 2.45) is 5.73 Å². The van der Waals surface area contributed by atoms with Crippen LogP contribution in [-0.4, -0.2) is 18.3 Å². The molecule has 2 N–H and O–H groups in total. The quantitative estimate of drug-likeness (QED) is 0.672. The van der Waals surface area contributed by atoms with Crippen molar-refractivity contribution in [3.63, 3.8) is 0 Å². The number of benzene rings is 1. The highest BCUT2D eigenvalue weighted by Crippen LogP contribution is 2.40. The molecule has 0 aromatic heterocycles. The summed E-state index contributed by atoms with van der Waals surface area (Å²) in [6.45, 7) is 7.16. The van der Waals surface area contributed by atoms with E-state index < -0.39 is 47.3 Å². The number of rotatable bonds is 2. The predicted molar refractivity (Wildman–Crippen MR) is 69.3 cm³/mol. The smallest absolute Gasteiger partial charge is 0.402 e. The molecule has 110 valence electrons. The summed E-state index contributed by atoms with van der Waals surface area (Å²) < 4.78 is 52.0. The Hall–Kier alpha value is -1.05. The van der Waals surface area contributed by atoms with Crippen LogP contribution >= 0.6 is 0 Å². The van der Waals surface area contributed by atoms with Gasteiger partial charge in [0.25, 0.3) is 0 Å². The first-order valence-corrected chi connectivity index (χ1v) is 6.31. The molecular formula is C13H17BF3NO2. The predicted octanol–water partition coefficient (Wildman–Crippen LogP) is 2.74. The lowest BCUT2D eigenvalue weighted by molar-refractivity contribution is 0.00578. The van der Waals surface area contributed by atoms with Crippen LogP contribution in [0.15, 0.2) is 12.1 Å². The normalized spacial score (nSPS) is 22.1. The van der Waals surface area contributed by atoms with Crippen molar-refractivity contribution in [2.75, 3.05) is 0 Å². The molecule has 2 rings (SSSR count). The van der Waals surface area contributed by atoms with Crippen molar-refractivity contribution in [1.82, 2.24) is 0 Å². The maximum Gasteiger partial charge on any atom is 0.480 e. The van der Waals surface area contributed by atoms with E-state index in [1.54, 1.807) is 27.7 Å². The average molecular weight is 287 g/mol. The number of hydrogen-bond acceptors (Lipinski definition) is 3. The topological polar surface area (TPSA) is 44.5 Å². The van der Waals surface area contributed by atoms with E-state index in [-0.39, 0.29) is 0 Å². The van der Waals surface area contributed by atoms with E-state index in [9.17, 15) is 13.2 Å². The van der Waals surface area contributed by atoms with Gasteiger partial charge in [0, 0.05) is 5.56 Å². The average Bonchev–Trinajstić information content (AvgIpc) is 2.54. The lowest BCUT2D eigenvalue weighted by Gasteiger charge is -2.32. The summed E-state index contributed by atoms with van der Waals surface area (Å²) in [4.78, 5) is 0. The number of nitrogens with two attached hydrogens (primary N) is 1. The van der Waals surface area contributed by atoms with Gasteiger partial charge in [-0.25, -0.2) is 13.2 Å². The summed E-state index contributed by atoms with van der Waals surface area (Å²) >= 11 is 0. The number of hydrogen-bond donors (Lipinski definition) is 1. The molecule has 1 atom stereocenters. The van der Waals surface area contributed by atoms with Gasteiger partial charge in [-0.15, -0.1) is 0 Å². The van der Waals surface area contributed by atoms with Crippen LogP contribution in [0, 0.1) is 17.5 Å². The Balaban J connectivity index is 2.35. The first-order valence-electron chi connectivity index (χ1n) is 6.31. The van der Waals surface area contributed by atoms with Gasteiger partial charge in [-0.3, -0.25) is 0 Å². The van der Waals surface area contributed by atoms with E-state index in [4.69, 9.17) is 15.0 Å². The molecule has 0 radical (unpaired) electrons. The molecule has 1 aliphatic heterocycles. The minimum absolute atomic E-state index is 0.566. The highest BCUT2D eigenvalue weighted by atomic mass is 19.2. The molecule has 0 amide bonds. The monoisotopic (exact) mass is 287 g/mol. The van der Waals surface area contributed by atoms with Crippen molar-refractivity contribution in [1.29, 1.82) is 0 Å². The maximum atomic E-state index is 13.7. The highest BCUT2D eigenvalue weighted by molar-refractivity contribution is 6.47. The fraction of sp³-hybridized carbons (Fsp3) is 0.538. The molecule has 1 aliphatic rings. The zero-order chi connectivity index (χ0) is 15.3. The van der Waals surface area contributed by atoms with Gasteiger partial charge < -0.3 is 15.0 Å². The molecular weight excluding hydrogens is 270 g/mol. The van der Waals surface area contributed by atoms with Crippen molar-refractivity contribution in [3.8, 4) is 0 Å². The van der Waals surface area contributed by atoms with Gasteiger partial charge in [-0.05, 0) is 39.8 Å². The second-order valence-corrected chi connectivity index (χ2v) is 5.91. The largest absolute Gasteiger partial charge is 0.480 e. The van der Waals surface area contributed by atoms with Crippen LogP contribution in [0.1, 0.15) is 39.2 Å². The molecule has 1 aromatic rings. The minimum Gasteiger partial charge on any atom is -0.402 e. The van der Waals surface area contributed by atoms with Crippen molar-refractivity contribution in [3.05, 3.63) is 35.1 Å². The van der Waals surface area contributed by atoms with Crippen LogP contribution in [0.2, 0.25) is 0 Å². The van der Waals surface area contributed by atoms with Crippen LogP contribution in [0.25, 0.3) is 0 Å². The summed E-state index contributed by atoms with van der Waals surface area (Å²) in [6, 6.07) is 1.55. The van der Waals surface area contributed by atoms with E-state index in [2.05, 4.69) is 0 Å². The summed E-state index contributed by atoms with van der Waals surface area (Å²) in [7, 11) is -1.05. The summed E-state index contributed by atoms with van der Waals surface area (Å²) in [5, 5.41) is 0. The zero-order valence-corrected chi connectivity index (χ0v) is 11.8. The van der Waals surface area contributed by atoms with Crippen LogP contribution in [0.3, 0.4) is 0 Å². The molecule has 1 heterocycles. The van der Waals surface area contributed by atoms with E-state index in [0.29, 0.717) is 6.07 Å². The number of halogens is 3. The van der Waals surface area contributed by atoms with Gasteiger partial charge in [0.2, 0.25) is 0 Å². The fourth-order valence-electron chi connectivity index (χ4n) is 2.02. The lowest BCUT2D eigenvalue weighted by Crippen LogP contribution is -2.41. The Morgan fingerprint density at radius 2 is 1.45 bits per heavy atom. The second-order valence-electron chi connectivity index (χ2n) is 5.91. The highest BCUT2D eigenvalue weighted by Gasteiger charge is 2.54. The van der Waals surface area contributed by atoms with Crippen LogP contribution < -0.4 is 5.73 Å². The zero-order valence-electron chi connectivity index (χ0n) is 11.8. The molecule has 1 saturated heterocycles. The summed E-state index contributed by atoms with van der Waals surface area (Å²) in [5.41, 5.74) is 3.88. The van der Waals surface area contributed by atoms with Crippen molar-refractivity contribution in [2.45, 2.75) is 44.8 Å². The third kappa shape index (κ3) is 2.34. The fourth-order valence-corrected chi connectivity index (χ4v) is 2.02. The van der Waals surface area contributed by atoms with Gasteiger partial charge in [0.1, 0.15) is 5.82 Å². The van der Waals surface area contributed by atoms with E-state index >= 15 is 0 Å². The van der Waals surface area contributed by atoms with Gasteiger partial charge in [0.15, 0.2) is 11.6 Å². The Morgan fingerprint density at radius 3 is 1.95 bits per heavy atom. The Morgan fingerprint density at radius 1 is 1.00 bits per heavy atom. The Bertz CT molecular complexity index is 521. The third-order valence-electron chi connectivity index (χ3n) is 3.98. The van der Waals surface area contributed by atoms with Crippen LogP contribution in [-0.2, 0) is 9.31 Å². The molecule has 0 unspecified atom stereocenters.